The molecule has 1 saturated carbocycles. The van der Waals surface area contributed by atoms with Crippen molar-refractivity contribution in [2.45, 2.75) is 37.7 Å². The first-order chi connectivity index (χ1) is 13.6. The zero-order chi connectivity index (χ0) is 19.5. The summed E-state index contributed by atoms with van der Waals surface area (Å²) < 4.78 is 5.48. The Bertz CT molecular complexity index is 936. The van der Waals surface area contributed by atoms with Gasteiger partial charge in [0.15, 0.2) is 11.2 Å². The van der Waals surface area contributed by atoms with Gasteiger partial charge in [-0.1, -0.05) is 0 Å². The summed E-state index contributed by atoms with van der Waals surface area (Å²) in [5, 5.41) is 15.7. The Kier molecular flexibility index (Phi) is 5.00. The van der Waals surface area contributed by atoms with E-state index in [1.165, 1.54) is 12.1 Å². The second-order valence-corrected chi connectivity index (χ2v) is 7.05. The molecule has 1 aliphatic carbocycles. The van der Waals surface area contributed by atoms with Crippen LogP contribution in [0.1, 0.15) is 47.8 Å². The third-order valence-corrected chi connectivity index (χ3v) is 4.95. The number of nitrogens with one attached hydrogen (secondary N) is 5. The molecule has 2 amide bonds. The van der Waals surface area contributed by atoms with Crippen molar-refractivity contribution in [1.29, 1.82) is 0 Å². The molecule has 1 aliphatic heterocycles. The molecule has 0 spiro atoms. The van der Waals surface area contributed by atoms with Gasteiger partial charge < -0.3 is 25.7 Å². The van der Waals surface area contributed by atoms with Gasteiger partial charge in [-0.15, -0.1) is 0 Å². The summed E-state index contributed by atoms with van der Waals surface area (Å²) in [4.78, 5) is 39.0. The van der Waals surface area contributed by atoms with Crippen molar-refractivity contribution < 1.29 is 14.3 Å². The van der Waals surface area contributed by atoms with Crippen LogP contribution in [0.5, 0.6) is 0 Å². The van der Waals surface area contributed by atoms with Gasteiger partial charge in [0, 0.05) is 42.9 Å². The van der Waals surface area contributed by atoms with E-state index in [0.717, 1.165) is 25.0 Å². The lowest BCUT2D eigenvalue weighted by molar-refractivity contribution is 0.0948. The molecule has 4 rings (SSSR count). The van der Waals surface area contributed by atoms with Gasteiger partial charge in [0.2, 0.25) is 0 Å². The SMILES string of the molecule is O=C1NCCCNC(=O)c2cc(=O)cc([nH]2)Nc2cc([nH]n2)[C@H]2CC[C@H](C2)O1. The largest absolute Gasteiger partial charge is 0.446 e. The summed E-state index contributed by atoms with van der Waals surface area (Å²) in [6.07, 6.45) is 2.40. The molecule has 0 unspecified atom stereocenters. The third-order valence-electron chi connectivity index (χ3n) is 4.95. The average molecular weight is 386 g/mol. The topological polar surface area (TPSA) is 141 Å². The van der Waals surface area contributed by atoms with Crippen LogP contribution in [0.25, 0.3) is 0 Å². The number of anilines is 2. The van der Waals surface area contributed by atoms with Gasteiger partial charge in [-0.2, -0.15) is 5.10 Å². The van der Waals surface area contributed by atoms with Crippen molar-refractivity contribution in [3.8, 4) is 0 Å². The minimum Gasteiger partial charge on any atom is -0.446 e. The van der Waals surface area contributed by atoms with Gasteiger partial charge in [0.25, 0.3) is 5.91 Å². The van der Waals surface area contributed by atoms with Crippen LogP contribution >= 0.6 is 0 Å². The van der Waals surface area contributed by atoms with Crippen molar-refractivity contribution in [1.82, 2.24) is 25.8 Å². The van der Waals surface area contributed by atoms with E-state index >= 15 is 0 Å². The van der Waals surface area contributed by atoms with E-state index < -0.39 is 12.0 Å². The van der Waals surface area contributed by atoms with Gasteiger partial charge in [-0.3, -0.25) is 14.7 Å². The first-order valence-corrected chi connectivity index (χ1v) is 9.36. The first kappa shape index (κ1) is 18.1. The molecular formula is C18H22N6O4. The Morgan fingerprint density at radius 3 is 2.79 bits per heavy atom. The fourth-order valence-corrected chi connectivity index (χ4v) is 3.58. The summed E-state index contributed by atoms with van der Waals surface area (Å²) in [6.45, 7) is 0.740. The third kappa shape index (κ3) is 4.16. The number of H-pyrrole nitrogens is 2. The molecule has 2 atom stereocenters. The summed E-state index contributed by atoms with van der Waals surface area (Å²) in [5.41, 5.74) is 0.795. The number of hydrogen-bond acceptors (Lipinski definition) is 6. The number of amides is 2. The van der Waals surface area contributed by atoms with E-state index in [-0.39, 0.29) is 23.1 Å². The molecule has 0 aromatic carbocycles. The Hall–Kier alpha value is -3.30. The number of alkyl carbamates (subject to hydrolysis) is 1. The maximum absolute atomic E-state index is 12.3. The maximum Gasteiger partial charge on any atom is 0.407 e. The summed E-state index contributed by atoms with van der Waals surface area (Å²) in [5.74, 6) is 0.740. The zero-order valence-electron chi connectivity index (χ0n) is 15.2. The monoisotopic (exact) mass is 386 g/mol. The average Bonchev–Trinajstić information content (AvgIpc) is 3.29. The van der Waals surface area contributed by atoms with Crippen LogP contribution in [-0.4, -0.2) is 46.4 Å². The Morgan fingerprint density at radius 1 is 1.04 bits per heavy atom. The standard InChI is InChI=1S/C18H22N6O4/c25-11-7-14-17(26)19-4-1-5-20-18(27)28-12-3-2-10(6-12)13-9-16(24-23-13)22-15(8-11)21-14/h7-10,12H,1-6H2,(H,19,26)(H,20,27)(H3,21,22,23,24,25)/t10-,12+/m0/s1. The molecule has 148 valence electrons. The Balaban J connectivity index is 1.58. The van der Waals surface area contributed by atoms with Crippen molar-refractivity contribution in [2.75, 3.05) is 18.4 Å². The molecule has 10 heteroatoms. The highest BCUT2D eigenvalue weighted by molar-refractivity contribution is 5.92. The summed E-state index contributed by atoms with van der Waals surface area (Å²) in [7, 11) is 0. The van der Waals surface area contributed by atoms with Crippen LogP contribution in [0.3, 0.4) is 0 Å². The van der Waals surface area contributed by atoms with Gasteiger partial charge in [-0.25, -0.2) is 4.79 Å². The smallest absolute Gasteiger partial charge is 0.407 e. The highest BCUT2D eigenvalue weighted by Gasteiger charge is 2.30. The minimum absolute atomic E-state index is 0.128. The summed E-state index contributed by atoms with van der Waals surface area (Å²) >= 11 is 0. The number of hydrogen-bond donors (Lipinski definition) is 5. The van der Waals surface area contributed by atoms with E-state index in [2.05, 4.69) is 31.1 Å². The lowest BCUT2D eigenvalue weighted by Crippen LogP contribution is -2.32. The van der Waals surface area contributed by atoms with Crippen molar-refractivity contribution in [3.63, 3.8) is 0 Å². The predicted molar refractivity (Wildman–Crippen MR) is 101 cm³/mol. The molecule has 2 aliphatic rings. The fourth-order valence-electron chi connectivity index (χ4n) is 3.58. The lowest BCUT2D eigenvalue weighted by Gasteiger charge is -2.13. The molecule has 5 N–H and O–H groups in total. The van der Waals surface area contributed by atoms with E-state index in [0.29, 0.717) is 31.1 Å². The molecule has 6 bridgehead atoms. The first-order valence-electron chi connectivity index (χ1n) is 9.36. The highest BCUT2D eigenvalue weighted by Crippen LogP contribution is 2.36. The van der Waals surface area contributed by atoms with E-state index in [1.54, 1.807) is 0 Å². The normalized spacial score (nSPS) is 22.9. The van der Waals surface area contributed by atoms with Crippen LogP contribution in [-0.2, 0) is 4.74 Å². The number of fused-ring (bicyclic) bond motifs is 7. The van der Waals surface area contributed by atoms with Crippen molar-refractivity contribution >= 4 is 23.6 Å². The van der Waals surface area contributed by atoms with Gasteiger partial charge in [-0.05, 0) is 25.7 Å². The second kappa shape index (κ2) is 7.75. The number of ether oxygens (including phenoxy) is 1. The molecule has 28 heavy (non-hydrogen) atoms. The summed E-state index contributed by atoms with van der Waals surface area (Å²) in [6, 6.07) is 4.48. The highest BCUT2D eigenvalue weighted by atomic mass is 16.6. The van der Waals surface area contributed by atoms with E-state index in [9.17, 15) is 14.4 Å². The van der Waals surface area contributed by atoms with Gasteiger partial charge >= 0.3 is 6.09 Å². The van der Waals surface area contributed by atoms with Crippen LogP contribution < -0.4 is 21.4 Å². The number of carbonyl (C=O) groups excluding carboxylic acids is 2. The number of carbonyl (C=O) groups is 2. The van der Waals surface area contributed by atoms with Crippen molar-refractivity contribution in [3.05, 3.63) is 39.8 Å². The molecular weight excluding hydrogens is 364 g/mol. The molecule has 0 radical (unpaired) electrons. The molecule has 2 aromatic heterocycles. The fraction of sp³-hybridized carbons (Fsp3) is 0.444. The zero-order valence-corrected chi connectivity index (χ0v) is 15.2. The Labute approximate surface area is 160 Å². The van der Waals surface area contributed by atoms with Crippen molar-refractivity contribution in [2.24, 2.45) is 0 Å². The molecule has 1 fully saturated rings. The van der Waals surface area contributed by atoms with Gasteiger partial charge in [0.05, 0.1) is 0 Å². The minimum atomic E-state index is -0.443. The Morgan fingerprint density at radius 2 is 1.89 bits per heavy atom. The number of aromatic amines is 2. The van der Waals surface area contributed by atoms with E-state index in [1.807, 2.05) is 6.07 Å². The van der Waals surface area contributed by atoms with Crippen LogP contribution in [0.4, 0.5) is 16.4 Å². The number of nitrogens with zero attached hydrogens (tertiary/aromatic N) is 1. The molecule has 2 aromatic rings. The van der Waals surface area contributed by atoms with E-state index in [4.69, 9.17) is 4.74 Å². The maximum atomic E-state index is 12.3. The number of aromatic nitrogens is 3. The molecule has 10 nitrogen and oxygen atoms in total. The van der Waals surface area contributed by atoms with Gasteiger partial charge in [0.1, 0.15) is 17.6 Å². The number of pyridine rings is 1. The van der Waals surface area contributed by atoms with Crippen LogP contribution in [0, 0.1) is 0 Å². The quantitative estimate of drug-likeness (QED) is 0.463. The number of rotatable bonds is 0. The lowest BCUT2D eigenvalue weighted by atomic mass is 10.0. The van der Waals surface area contributed by atoms with Crippen LogP contribution in [0.15, 0.2) is 23.0 Å². The predicted octanol–water partition coefficient (Wildman–Crippen LogP) is 1.34. The van der Waals surface area contributed by atoms with Crippen LogP contribution in [0.2, 0.25) is 0 Å². The second-order valence-electron chi connectivity index (χ2n) is 7.05. The molecule has 3 heterocycles. The molecule has 0 saturated heterocycles.